The van der Waals surface area contributed by atoms with Gasteiger partial charge in [0.2, 0.25) is 0 Å². The van der Waals surface area contributed by atoms with Gasteiger partial charge in [-0.25, -0.2) is 4.79 Å². The highest BCUT2D eigenvalue weighted by molar-refractivity contribution is 5.67. The van der Waals surface area contributed by atoms with Crippen LogP contribution in [0.2, 0.25) is 0 Å². The molecule has 3 N–H and O–H groups in total. The van der Waals surface area contributed by atoms with Crippen molar-refractivity contribution in [1.29, 1.82) is 0 Å². The van der Waals surface area contributed by atoms with E-state index in [1.165, 1.54) is 6.42 Å². The number of amides is 1. The smallest absolute Gasteiger partial charge is 0.407 e. The van der Waals surface area contributed by atoms with Gasteiger partial charge in [0.15, 0.2) is 0 Å². The molecule has 1 amide bonds. The molecule has 126 valence electrons. The SMILES string of the molecule is O=C(NC1CC(NC2CCCC2CO)C1)OCc1ccccc1. The standard InChI is InChI=1S/C18H26N2O3/c21-11-14-7-4-8-17(14)19-15-9-16(10-15)20-18(22)23-12-13-5-2-1-3-6-13/h1-3,5-6,14-17,19,21H,4,7-12H2,(H,20,22). The molecule has 2 fully saturated rings. The monoisotopic (exact) mass is 318 g/mol. The van der Waals surface area contributed by atoms with Gasteiger partial charge < -0.3 is 20.5 Å². The maximum atomic E-state index is 11.8. The first kappa shape index (κ1) is 16.3. The summed E-state index contributed by atoms with van der Waals surface area (Å²) >= 11 is 0. The Labute approximate surface area is 137 Å². The van der Waals surface area contributed by atoms with Crippen LogP contribution in [-0.2, 0) is 11.3 Å². The summed E-state index contributed by atoms with van der Waals surface area (Å²) in [5.74, 6) is 0.401. The van der Waals surface area contributed by atoms with Gasteiger partial charge in [-0.15, -0.1) is 0 Å². The second kappa shape index (κ2) is 7.79. The normalized spacial score (nSPS) is 29.8. The Hall–Kier alpha value is -1.59. The third-order valence-electron chi connectivity index (χ3n) is 5.02. The van der Waals surface area contributed by atoms with Gasteiger partial charge in [-0.05, 0) is 37.2 Å². The van der Waals surface area contributed by atoms with Gasteiger partial charge in [0, 0.05) is 24.7 Å². The van der Waals surface area contributed by atoms with Crippen molar-refractivity contribution in [2.75, 3.05) is 6.61 Å². The summed E-state index contributed by atoms with van der Waals surface area (Å²) in [6.07, 6.45) is 5.01. The highest BCUT2D eigenvalue weighted by Crippen LogP contribution is 2.29. The van der Waals surface area contributed by atoms with Gasteiger partial charge in [0.25, 0.3) is 0 Å². The van der Waals surface area contributed by atoms with Crippen molar-refractivity contribution in [2.24, 2.45) is 5.92 Å². The van der Waals surface area contributed by atoms with Crippen LogP contribution in [0.5, 0.6) is 0 Å². The lowest BCUT2D eigenvalue weighted by atomic mass is 9.85. The number of benzene rings is 1. The second-order valence-corrected chi connectivity index (χ2v) is 6.72. The highest BCUT2D eigenvalue weighted by Gasteiger charge is 2.35. The summed E-state index contributed by atoms with van der Waals surface area (Å²) in [5, 5.41) is 15.9. The number of carbonyl (C=O) groups excluding carboxylic acids is 1. The van der Waals surface area contributed by atoms with Crippen molar-refractivity contribution in [2.45, 2.75) is 56.8 Å². The quantitative estimate of drug-likeness (QED) is 0.752. The lowest BCUT2D eigenvalue weighted by molar-refractivity contribution is 0.121. The molecule has 0 bridgehead atoms. The largest absolute Gasteiger partial charge is 0.445 e. The third kappa shape index (κ3) is 4.45. The van der Waals surface area contributed by atoms with Crippen LogP contribution in [0.15, 0.2) is 30.3 Å². The Morgan fingerprint density at radius 2 is 1.96 bits per heavy atom. The maximum absolute atomic E-state index is 11.8. The first-order valence-corrected chi connectivity index (χ1v) is 8.58. The minimum Gasteiger partial charge on any atom is -0.445 e. The van der Waals surface area contributed by atoms with Gasteiger partial charge in [0.1, 0.15) is 6.61 Å². The average molecular weight is 318 g/mol. The zero-order chi connectivity index (χ0) is 16.1. The van der Waals surface area contributed by atoms with Crippen LogP contribution in [0.1, 0.15) is 37.7 Å². The van der Waals surface area contributed by atoms with Crippen LogP contribution < -0.4 is 10.6 Å². The number of hydrogen-bond acceptors (Lipinski definition) is 4. The molecule has 2 saturated carbocycles. The molecule has 2 unspecified atom stereocenters. The lowest BCUT2D eigenvalue weighted by Gasteiger charge is -2.38. The molecule has 0 radical (unpaired) electrons. The van der Waals surface area contributed by atoms with E-state index in [9.17, 15) is 9.90 Å². The molecule has 5 nitrogen and oxygen atoms in total. The molecule has 2 aliphatic carbocycles. The topological polar surface area (TPSA) is 70.6 Å². The highest BCUT2D eigenvalue weighted by atomic mass is 16.5. The average Bonchev–Trinajstić information content (AvgIpc) is 2.99. The summed E-state index contributed by atoms with van der Waals surface area (Å²) in [5.41, 5.74) is 0.993. The molecular formula is C18H26N2O3. The van der Waals surface area contributed by atoms with Crippen molar-refractivity contribution < 1.29 is 14.6 Å². The Morgan fingerprint density at radius 3 is 2.70 bits per heavy atom. The third-order valence-corrected chi connectivity index (χ3v) is 5.02. The van der Waals surface area contributed by atoms with E-state index in [0.717, 1.165) is 31.2 Å². The van der Waals surface area contributed by atoms with E-state index in [1.807, 2.05) is 30.3 Å². The number of ether oxygens (including phenoxy) is 1. The molecule has 2 aliphatic rings. The van der Waals surface area contributed by atoms with Gasteiger partial charge in [-0.1, -0.05) is 36.8 Å². The molecule has 23 heavy (non-hydrogen) atoms. The Kier molecular flexibility index (Phi) is 5.51. The number of hydrogen-bond donors (Lipinski definition) is 3. The number of alkyl carbamates (subject to hydrolysis) is 1. The van der Waals surface area contributed by atoms with E-state index in [4.69, 9.17) is 4.74 Å². The molecule has 0 spiro atoms. The Morgan fingerprint density at radius 1 is 1.17 bits per heavy atom. The first-order chi connectivity index (χ1) is 11.2. The predicted molar refractivity (Wildman–Crippen MR) is 87.9 cm³/mol. The van der Waals surface area contributed by atoms with E-state index >= 15 is 0 Å². The predicted octanol–water partition coefficient (Wildman–Crippen LogP) is 2.19. The van der Waals surface area contributed by atoms with E-state index in [1.54, 1.807) is 0 Å². The van der Waals surface area contributed by atoms with Crippen molar-refractivity contribution in [3.63, 3.8) is 0 Å². The molecule has 0 aromatic heterocycles. The van der Waals surface area contributed by atoms with E-state index in [0.29, 0.717) is 24.6 Å². The van der Waals surface area contributed by atoms with Crippen LogP contribution in [0, 0.1) is 5.92 Å². The number of carbonyl (C=O) groups is 1. The van der Waals surface area contributed by atoms with Gasteiger partial charge in [0.05, 0.1) is 0 Å². The van der Waals surface area contributed by atoms with Gasteiger partial charge >= 0.3 is 6.09 Å². The fraction of sp³-hybridized carbons (Fsp3) is 0.611. The number of aliphatic hydroxyl groups is 1. The zero-order valence-corrected chi connectivity index (χ0v) is 13.4. The Balaban J connectivity index is 1.31. The van der Waals surface area contributed by atoms with Crippen molar-refractivity contribution in [1.82, 2.24) is 10.6 Å². The number of aliphatic hydroxyl groups excluding tert-OH is 1. The maximum Gasteiger partial charge on any atom is 0.407 e. The molecule has 1 aromatic rings. The molecule has 2 atom stereocenters. The first-order valence-electron chi connectivity index (χ1n) is 8.58. The summed E-state index contributed by atoms with van der Waals surface area (Å²) < 4.78 is 5.23. The van der Waals surface area contributed by atoms with Crippen molar-refractivity contribution >= 4 is 6.09 Å². The zero-order valence-electron chi connectivity index (χ0n) is 13.4. The Bertz CT molecular complexity index is 502. The lowest BCUT2D eigenvalue weighted by Crippen LogP contribution is -2.55. The van der Waals surface area contributed by atoms with E-state index in [2.05, 4.69) is 10.6 Å². The number of nitrogens with one attached hydrogen (secondary N) is 2. The molecule has 0 saturated heterocycles. The van der Waals surface area contributed by atoms with Crippen LogP contribution in [0.25, 0.3) is 0 Å². The number of rotatable bonds is 6. The van der Waals surface area contributed by atoms with Crippen LogP contribution in [0.4, 0.5) is 4.79 Å². The molecule has 0 heterocycles. The van der Waals surface area contributed by atoms with Crippen molar-refractivity contribution in [3.8, 4) is 0 Å². The molecular weight excluding hydrogens is 292 g/mol. The second-order valence-electron chi connectivity index (χ2n) is 6.72. The van der Waals surface area contributed by atoms with Crippen LogP contribution >= 0.6 is 0 Å². The van der Waals surface area contributed by atoms with Gasteiger partial charge in [-0.3, -0.25) is 0 Å². The van der Waals surface area contributed by atoms with E-state index in [-0.39, 0.29) is 18.7 Å². The molecule has 5 heteroatoms. The summed E-state index contributed by atoms with van der Waals surface area (Å²) in [6.45, 7) is 0.583. The minimum absolute atomic E-state index is 0.199. The molecule has 1 aromatic carbocycles. The van der Waals surface area contributed by atoms with E-state index < -0.39 is 0 Å². The minimum atomic E-state index is -0.341. The molecule has 3 rings (SSSR count). The summed E-state index contributed by atoms with van der Waals surface area (Å²) in [6, 6.07) is 10.8. The summed E-state index contributed by atoms with van der Waals surface area (Å²) in [4.78, 5) is 11.8. The fourth-order valence-electron chi connectivity index (χ4n) is 3.58. The van der Waals surface area contributed by atoms with Crippen LogP contribution in [-0.4, -0.2) is 35.9 Å². The molecule has 0 aliphatic heterocycles. The van der Waals surface area contributed by atoms with Crippen molar-refractivity contribution in [3.05, 3.63) is 35.9 Å². The van der Waals surface area contributed by atoms with Gasteiger partial charge in [-0.2, -0.15) is 0 Å². The fourth-order valence-corrected chi connectivity index (χ4v) is 3.58. The summed E-state index contributed by atoms with van der Waals surface area (Å²) in [7, 11) is 0. The van der Waals surface area contributed by atoms with Crippen LogP contribution in [0.3, 0.4) is 0 Å².